The molecule has 0 spiro atoms. The summed E-state index contributed by atoms with van der Waals surface area (Å²) in [6, 6.07) is 8.41. The molecule has 0 atom stereocenters. The van der Waals surface area contributed by atoms with Gasteiger partial charge in [-0.25, -0.2) is 4.79 Å². The molecule has 1 aromatic carbocycles. The van der Waals surface area contributed by atoms with Crippen molar-refractivity contribution in [2.24, 2.45) is 0 Å². The number of hydrogen-bond donors (Lipinski definition) is 0. The van der Waals surface area contributed by atoms with E-state index in [4.69, 9.17) is 9.78 Å². The van der Waals surface area contributed by atoms with Crippen LogP contribution in [0.1, 0.15) is 31.1 Å². The van der Waals surface area contributed by atoms with E-state index in [0.29, 0.717) is 5.56 Å². The van der Waals surface area contributed by atoms with Crippen LogP contribution in [0.5, 0.6) is 0 Å². The smallest absolute Gasteiger partial charge is 0.293 e. The second-order valence-electron chi connectivity index (χ2n) is 4.90. The highest BCUT2D eigenvalue weighted by Gasteiger charge is 2.26. The maximum absolute atomic E-state index is 11.7. The van der Waals surface area contributed by atoms with Crippen molar-refractivity contribution in [3.63, 3.8) is 0 Å². The van der Waals surface area contributed by atoms with Crippen molar-refractivity contribution in [2.75, 3.05) is 0 Å². The average molecular weight is 290 g/mol. The molecule has 0 aliphatic heterocycles. The molecule has 20 heavy (non-hydrogen) atoms. The number of benzene rings is 1. The Morgan fingerprint density at radius 2 is 1.80 bits per heavy atom. The zero-order chi connectivity index (χ0) is 15.2. The van der Waals surface area contributed by atoms with Gasteiger partial charge in [-0.2, -0.15) is 4.89 Å². The molecule has 0 heterocycles. The molecule has 0 saturated carbocycles. The number of rotatable bonds is 7. The zero-order valence-corrected chi connectivity index (χ0v) is 13.4. The Labute approximate surface area is 121 Å². The van der Waals surface area contributed by atoms with Gasteiger partial charge in [0.2, 0.25) is 0 Å². The van der Waals surface area contributed by atoms with Gasteiger partial charge in [0.15, 0.2) is 0 Å². The Kier molecular flexibility index (Phi) is 5.92. The first-order valence-corrected chi connectivity index (χ1v) is 9.10. The third-order valence-electron chi connectivity index (χ3n) is 3.29. The fraction of sp³-hybridized carbons (Fsp3) is 0.312. The molecule has 4 heteroatoms. The van der Waals surface area contributed by atoms with Gasteiger partial charge in [-0.1, -0.05) is 35.6 Å². The lowest BCUT2D eigenvalue weighted by Crippen LogP contribution is -2.43. The minimum Gasteiger partial charge on any atom is -0.293 e. The van der Waals surface area contributed by atoms with Crippen molar-refractivity contribution in [2.45, 2.75) is 32.9 Å². The highest BCUT2D eigenvalue weighted by Crippen LogP contribution is 2.13. The van der Waals surface area contributed by atoms with E-state index in [1.165, 1.54) is 5.19 Å². The summed E-state index contributed by atoms with van der Waals surface area (Å²) in [6.07, 6.45) is -0.153. The molecule has 3 nitrogen and oxygen atoms in total. The summed E-state index contributed by atoms with van der Waals surface area (Å²) in [4.78, 5) is 21.3. The van der Waals surface area contributed by atoms with Crippen LogP contribution in [0, 0.1) is 0 Å². The van der Waals surface area contributed by atoms with Gasteiger partial charge >= 0.3 is 5.97 Å². The lowest BCUT2D eigenvalue weighted by Gasteiger charge is -2.23. The van der Waals surface area contributed by atoms with E-state index >= 15 is 0 Å². The molecule has 0 fully saturated rings. The van der Waals surface area contributed by atoms with E-state index in [2.05, 4.69) is 20.1 Å². The highest BCUT2D eigenvalue weighted by atomic mass is 28.3. The Balaban J connectivity index is 2.91. The molecular formula is C16H22O3Si. The van der Waals surface area contributed by atoms with E-state index in [1.807, 2.05) is 23.5 Å². The third kappa shape index (κ3) is 3.68. The molecular weight excluding hydrogens is 268 g/mol. The standard InChI is InChI=1S/C16H22O3Si/c1-6-20(7-2,8-3)15-11-9-14(10-12-15)16(17)19-18-13(4)5/h6-7,9-13H,1-2,8H2,3-5H3. The summed E-state index contributed by atoms with van der Waals surface area (Å²) >= 11 is 0. The van der Waals surface area contributed by atoms with Gasteiger partial charge in [-0.15, -0.1) is 13.2 Å². The molecule has 1 aromatic rings. The molecule has 0 N–H and O–H groups in total. The second-order valence-corrected chi connectivity index (χ2v) is 9.08. The maximum Gasteiger partial charge on any atom is 0.373 e. The van der Waals surface area contributed by atoms with E-state index in [0.717, 1.165) is 6.04 Å². The van der Waals surface area contributed by atoms with Gasteiger partial charge in [0.25, 0.3) is 0 Å². The summed E-state index contributed by atoms with van der Waals surface area (Å²) < 4.78 is 0. The van der Waals surface area contributed by atoms with Crippen molar-refractivity contribution in [1.29, 1.82) is 0 Å². The Morgan fingerprint density at radius 3 is 2.20 bits per heavy atom. The van der Waals surface area contributed by atoms with Crippen LogP contribution in [0.3, 0.4) is 0 Å². The highest BCUT2D eigenvalue weighted by molar-refractivity contribution is 6.99. The Morgan fingerprint density at radius 1 is 1.25 bits per heavy atom. The van der Waals surface area contributed by atoms with Crippen molar-refractivity contribution < 1.29 is 14.6 Å². The largest absolute Gasteiger partial charge is 0.373 e. The van der Waals surface area contributed by atoms with Gasteiger partial charge < -0.3 is 0 Å². The molecule has 0 amide bonds. The first-order chi connectivity index (χ1) is 9.49. The summed E-state index contributed by atoms with van der Waals surface area (Å²) in [5.74, 6) is -0.480. The van der Waals surface area contributed by atoms with Gasteiger partial charge in [0, 0.05) is 0 Å². The molecule has 1 rings (SSSR count). The number of carbonyl (C=O) groups is 1. The SMILES string of the molecule is C=C[Si](C=C)(CC)c1ccc(C(=O)OOC(C)C)cc1. The molecule has 0 saturated heterocycles. The third-order valence-corrected chi connectivity index (χ3v) is 7.32. The fourth-order valence-electron chi connectivity index (χ4n) is 1.92. The quantitative estimate of drug-likeness (QED) is 0.439. The van der Waals surface area contributed by atoms with Crippen LogP contribution in [-0.2, 0) is 9.78 Å². The van der Waals surface area contributed by atoms with Crippen molar-refractivity contribution in [1.82, 2.24) is 0 Å². The monoisotopic (exact) mass is 290 g/mol. The zero-order valence-electron chi connectivity index (χ0n) is 12.4. The predicted octanol–water partition coefficient (Wildman–Crippen LogP) is 3.31. The number of carbonyl (C=O) groups excluding carboxylic acids is 1. The first-order valence-electron chi connectivity index (χ1n) is 6.74. The van der Waals surface area contributed by atoms with E-state index in [1.54, 1.807) is 26.0 Å². The van der Waals surface area contributed by atoms with Crippen molar-refractivity contribution in [3.8, 4) is 0 Å². The van der Waals surface area contributed by atoms with Gasteiger partial charge in [0.05, 0.1) is 11.7 Å². The maximum atomic E-state index is 11.7. The minimum atomic E-state index is -1.84. The molecule has 0 unspecified atom stereocenters. The molecule has 0 bridgehead atoms. The van der Waals surface area contributed by atoms with Crippen LogP contribution >= 0.6 is 0 Å². The van der Waals surface area contributed by atoms with Crippen LogP contribution in [0.4, 0.5) is 0 Å². The Hall–Kier alpha value is -1.65. The number of hydrogen-bond acceptors (Lipinski definition) is 3. The summed E-state index contributed by atoms with van der Waals surface area (Å²) in [6.45, 7) is 13.6. The second kappa shape index (κ2) is 7.22. The van der Waals surface area contributed by atoms with Crippen LogP contribution in [-0.4, -0.2) is 20.1 Å². The van der Waals surface area contributed by atoms with Gasteiger partial charge in [-0.05, 0) is 32.0 Å². The van der Waals surface area contributed by atoms with Gasteiger partial charge in [0.1, 0.15) is 8.07 Å². The average Bonchev–Trinajstić information content (AvgIpc) is 2.48. The summed E-state index contributed by atoms with van der Waals surface area (Å²) in [5.41, 5.74) is 4.49. The van der Waals surface area contributed by atoms with Crippen LogP contribution < -0.4 is 5.19 Å². The lowest BCUT2D eigenvalue weighted by atomic mass is 10.2. The predicted molar refractivity (Wildman–Crippen MR) is 84.3 cm³/mol. The van der Waals surface area contributed by atoms with E-state index < -0.39 is 14.0 Å². The Bertz CT molecular complexity index is 469. The fourth-order valence-corrected chi connectivity index (χ4v) is 4.33. The van der Waals surface area contributed by atoms with Crippen molar-refractivity contribution >= 4 is 19.2 Å². The molecule has 108 valence electrons. The summed E-state index contributed by atoms with van der Waals surface area (Å²) in [5, 5.41) is 1.19. The van der Waals surface area contributed by atoms with Crippen LogP contribution in [0.15, 0.2) is 48.8 Å². The van der Waals surface area contributed by atoms with Crippen molar-refractivity contribution in [3.05, 3.63) is 54.4 Å². The lowest BCUT2D eigenvalue weighted by molar-refractivity contribution is -0.265. The van der Waals surface area contributed by atoms with Crippen LogP contribution in [0.2, 0.25) is 6.04 Å². The molecule has 0 radical (unpaired) electrons. The minimum absolute atomic E-state index is 0.153. The first kappa shape index (κ1) is 16.4. The molecule has 0 aliphatic rings. The molecule has 0 aromatic heterocycles. The van der Waals surface area contributed by atoms with E-state index in [9.17, 15) is 4.79 Å². The van der Waals surface area contributed by atoms with E-state index in [-0.39, 0.29) is 6.10 Å². The topological polar surface area (TPSA) is 35.5 Å². The summed E-state index contributed by atoms with van der Waals surface area (Å²) in [7, 11) is -1.84. The molecule has 0 aliphatic carbocycles. The normalized spacial score (nSPS) is 11.2. The van der Waals surface area contributed by atoms with Crippen LogP contribution in [0.25, 0.3) is 0 Å². The van der Waals surface area contributed by atoms with Gasteiger partial charge in [-0.3, -0.25) is 4.89 Å².